The van der Waals surface area contributed by atoms with Crippen molar-refractivity contribution in [2.24, 2.45) is 0 Å². The van der Waals surface area contributed by atoms with Crippen LogP contribution in [0.5, 0.6) is 0 Å². The molecule has 1 saturated heterocycles. The van der Waals surface area contributed by atoms with Crippen molar-refractivity contribution in [1.29, 1.82) is 0 Å². The van der Waals surface area contributed by atoms with E-state index >= 15 is 0 Å². The highest BCUT2D eigenvalue weighted by molar-refractivity contribution is 9.09. The van der Waals surface area contributed by atoms with Gasteiger partial charge in [-0.25, -0.2) is 0 Å². The molecule has 2 heteroatoms. The van der Waals surface area contributed by atoms with Gasteiger partial charge in [0.1, 0.15) is 0 Å². The second-order valence-corrected chi connectivity index (χ2v) is 5.31. The van der Waals surface area contributed by atoms with E-state index in [2.05, 4.69) is 57.7 Å². The van der Waals surface area contributed by atoms with Crippen molar-refractivity contribution in [2.45, 2.75) is 4.32 Å². The standard InChI is InChI=1S/C12H14BrN/c1-2-8-14-9-12(13,10-14)11-6-4-3-5-7-11/h2-7H,1,8-10H2. The minimum absolute atomic E-state index is 0.178. The van der Waals surface area contributed by atoms with Crippen LogP contribution in [0, 0.1) is 0 Å². The summed E-state index contributed by atoms with van der Waals surface area (Å²) in [5, 5.41) is 0. The number of benzene rings is 1. The van der Waals surface area contributed by atoms with Crippen LogP contribution in [0.3, 0.4) is 0 Å². The topological polar surface area (TPSA) is 3.24 Å². The lowest BCUT2D eigenvalue weighted by Gasteiger charge is -2.46. The van der Waals surface area contributed by atoms with E-state index in [1.165, 1.54) is 5.56 Å². The number of hydrogen-bond donors (Lipinski definition) is 0. The second kappa shape index (κ2) is 3.87. The van der Waals surface area contributed by atoms with Gasteiger partial charge in [-0.1, -0.05) is 52.3 Å². The predicted octanol–water partition coefficient (Wildman–Crippen LogP) is 2.78. The largest absolute Gasteiger partial charge is 0.296 e. The van der Waals surface area contributed by atoms with Crippen molar-refractivity contribution in [1.82, 2.24) is 4.90 Å². The molecule has 0 aromatic heterocycles. The summed E-state index contributed by atoms with van der Waals surface area (Å²) in [6.07, 6.45) is 1.96. The zero-order valence-corrected chi connectivity index (χ0v) is 9.70. The molecule has 1 aromatic rings. The molecule has 1 heterocycles. The first-order valence-corrected chi connectivity index (χ1v) is 5.61. The van der Waals surface area contributed by atoms with Gasteiger partial charge in [-0.2, -0.15) is 0 Å². The van der Waals surface area contributed by atoms with E-state index in [4.69, 9.17) is 0 Å². The lowest BCUT2D eigenvalue weighted by atomic mass is 9.91. The Kier molecular flexibility index (Phi) is 2.75. The van der Waals surface area contributed by atoms with Gasteiger partial charge in [0.05, 0.1) is 4.32 Å². The van der Waals surface area contributed by atoms with Gasteiger partial charge in [0.25, 0.3) is 0 Å². The molecule has 0 amide bonds. The van der Waals surface area contributed by atoms with Crippen LogP contribution in [-0.4, -0.2) is 24.5 Å². The Morgan fingerprint density at radius 2 is 2.00 bits per heavy atom. The summed E-state index contributed by atoms with van der Waals surface area (Å²) < 4.78 is 0.178. The molecular formula is C12H14BrN. The Hall–Kier alpha value is -0.600. The fraction of sp³-hybridized carbons (Fsp3) is 0.333. The molecule has 1 fully saturated rings. The van der Waals surface area contributed by atoms with Gasteiger partial charge in [0.2, 0.25) is 0 Å². The van der Waals surface area contributed by atoms with Crippen molar-refractivity contribution >= 4 is 15.9 Å². The predicted molar refractivity (Wildman–Crippen MR) is 63.7 cm³/mol. The van der Waals surface area contributed by atoms with Crippen molar-refractivity contribution < 1.29 is 0 Å². The number of rotatable bonds is 3. The summed E-state index contributed by atoms with van der Waals surface area (Å²) in [7, 11) is 0. The molecule has 0 N–H and O–H groups in total. The maximum Gasteiger partial charge on any atom is 0.0759 e. The molecule has 0 unspecified atom stereocenters. The fourth-order valence-electron chi connectivity index (χ4n) is 1.89. The molecule has 1 aliphatic rings. The molecule has 0 aliphatic carbocycles. The Labute approximate surface area is 93.6 Å². The lowest BCUT2D eigenvalue weighted by molar-refractivity contribution is 0.148. The number of hydrogen-bond acceptors (Lipinski definition) is 1. The maximum absolute atomic E-state index is 3.81. The molecule has 1 aliphatic heterocycles. The zero-order valence-electron chi connectivity index (χ0n) is 8.12. The Morgan fingerprint density at radius 3 is 2.57 bits per heavy atom. The SMILES string of the molecule is C=CCN1CC(Br)(c2ccccc2)C1. The molecule has 0 spiro atoms. The quantitative estimate of drug-likeness (QED) is 0.590. The molecule has 1 aromatic carbocycles. The van der Waals surface area contributed by atoms with Crippen LogP contribution in [-0.2, 0) is 4.32 Å². The molecule has 14 heavy (non-hydrogen) atoms. The Balaban J connectivity index is 2.04. The van der Waals surface area contributed by atoms with Crippen LogP contribution >= 0.6 is 15.9 Å². The van der Waals surface area contributed by atoms with Crippen LogP contribution in [0.4, 0.5) is 0 Å². The van der Waals surface area contributed by atoms with Crippen LogP contribution in [0.2, 0.25) is 0 Å². The lowest BCUT2D eigenvalue weighted by Crippen LogP contribution is -2.55. The second-order valence-electron chi connectivity index (χ2n) is 3.79. The summed E-state index contributed by atoms with van der Waals surface area (Å²) in [5.74, 6) is 0. The van der Waals surface area contributed by atoms with Gasteiger partial charge in [0, 0.05) is 19.6 Å². The van der Waals surface area contributed by atoms with Crippen LogP contribution in [0.15, 0.2) is 43.0 Å². The average Bonchev–Trinajstić information content (AvgIpc) is 2.17. The number of alkyl halides is 1. The van der Waals surface area contributed by atoms with Gasteiger partial charge in [0.15, 0.2) is 0 Å². The summed E-state index contributed by atoms with van der Waals surface area (Å²) in [6.45, 7) is 6.88. The summed E-state index contributed by atoms with van der Waals surface area (Å²) in [4.78, 5) is 2.37. The van der Waals surface area contributed by atoms with E-state index in [1.807, 2.05) is 6.08 Å². The molecule has 1 nitrogen and oxygen atoms in total. The first-order valence-electron chi connectivity index (χ1n) is 4.82. The van der Waals surface area contributed by atoms with E-state index in [0.717, 1.165) is 19.6 Å². The summed E-state index contributed by atoms with van der Waals surface area (Å²) in [6, 6.07) is 10.6. The van der Waals surface area contributed by atoms with Gasteiger partial charge in [-0.05, 0) is 5.56 Å². The maximum atomic E-state index is 3.81. The fourth-order valence-corrected chi connectivity index (χ4v) is 2.87. The normalized spacial score (nSPS) is 20.1. The van der Waals surface area contributed by atoms with Crippen LogP contribution in [0.25, 0.3) is 0 Å². The molecule has 74 valence electrons. The summed E-state index contributed by atoms with van der Waals surface area (Å²) >= 11 is 3.81. The van der Waals surface area contributed by atoms with E-state index in [-0.39, 0.29) is 4.32 Å². The van der Waals surface area contributed by atoms with Crippen molar-refractivity contribution in [3.8, 4) is 0 Å². The van der Waals surface area contributed by atoms with E-state index in [9.17, 15) is 0 Å². The highest BCUT2D eigenvalue weighted by Crippen LogP contribution is 2.39. The number of likely N-dealkylation sites (tertiary alicyclic amines) is 1. The van der Waals surface area contributed by atoms with Gasteiger partial charge < -0.3 is 0 Å². The highest BCUT2D eigenvalue weighted by atomic mass is 79.9. The molecule has 2 rings (SSSR count). The molecule has 0 bridgehead atoms. The molecule has 0 radical (unpaired) electrons. The molecular weight excluding hydrogens is 238 g/mol. The molecule has 0 saturated carbocycles. The monoisotopic (exact) mass is 251 g/mol. The minimum Gasteiger partial charge on any atom is -0.296 e. The highest BCUT2D eigenvalue weighted by Gasteiger charge is 2.41. The zero-order chi connectivity index (χ0) is 10.0. The van der Waals surface area contributed by atoms with Crippen LogP contribution in [0.1, 0.15) is 5.56 Å². The third-order valence-corrected chi connectivity index (χ3v) is 3.59. The van der Waals surface area contributed by atoms with Gasteiger partial charge in [-0.15, -0.1) is 6.58 Å². The third-order valence-electron chi connectivity index (χ3n) is 2.63. The third kappa shape index (κ3) is 1.77. The van der Waals surface area contributed by atoms with Crippen molar-refractivity contribution in [3.05, 3.63) is 48.6 Å². The first kappa shape index (κ1) is 9.94. The smallest absolute Gasteiger partial charge is 0.0759 e. The Morgan fingerprint density at radius 1 is 1.36 bits per heavy atom. The number of halogens is 1. The van der Waals surface area contributed by atoms with Gasteiger partial charge in [-0.3, -0.25) is 4.90 Å². The average molecular weight is 252 g/mol. The number of nitrogens with zero attached hydrogens (tertiary/aromatic N) is 1. The van der Waals surface area contributed by atoms with Crippen molar-refractivity contribution in [2.75, 3.05) is 19.6 Å². The van der Waals surface area contributed by atoms with Crippen LogP contribution < -0.4 is 0 Å². The van der Waals surface area contributed by atoms with E-state index < -0.39 is 0 Å². The first-order chi connectivity index (χ1) is 6.74. The van der Waals surface area contributed by atoms with E-state index in [1.54, 1.807) is 0 Å². The Bertz CT molecular complexity index is 314. The van der Waals surface area contributed by atoms with Crippen molar-refractivity contribution in [3.63, 3.8) is 0 Å². The summed E-state index contributed by atoms with van der Waals surface area (Å²) in [5.41, 5.74) is 1.38. The van der Waals surface area contributed by atoms with E-state index in [0.29, 0.717) is 0 Å². The molecule has 0 atom stereocenters. The van der Waals surface area contributed by atoms with Gasteiger partial charge >= 0.3 is 0 Å². The minimum atomic E-state index is 0.178.